The molecular formula is C11H14O4. The number of methoxy groups -OCH3 is 1. The molecule has 0 spiro atoms. The number of benzene rings is 1. The Bertz CT molecular complexity index is 371. The molecule has 0 radical (unpaired) electrons. The van der Waals surface area contributed by atoms with Crippen LogP contribution in [-0.2, 0) is 11.2 Å². The number of aliphatic carboxylic acids is 1. The van der Waals surface area contributed by atoms with Gasteiger partial charge in [0.05, 0.1) is 7.11 Å². The zero-order valence-corrected chi connectivity index (χ0v) is 8.78. The van der Waals surface area contributed by atoms with Crippen molar-refractivity contribution in [2.45, 2.75) is 19.8 Å². The van der Waals surface area contributed by atoms with Gasteiger partial charge in [0, 0.05) is 6.42 Å². The van der Waals surface area contributed by atoms with Crippen LogP contribution in [0.2, 0.25) is 0 Å². The van der Waals surface area contributed by atoms with E-state index >= 15 is 0 Å². The zero-order chi connectivity index (χ0) is 11.4. The SMILES string of the molecule is COc1cc(CCC(=O)O)c(C)cc1O. The summed E-state index contributed by atoms with van der Waals surface area (Å²) in [5.41, 5.74) is 1.75. The number of carboxylic acids is 1. The van der Waals surface area contributed by atoms with Gasteiger partial charge < -0.3 is 14.9 Å². The van der Waals surface area contributed by atoms with E-state index in [4.69, 9.17) is 9.84 Å². The van der Waals surface area contributed by atoms with Gasteiger partial charge in [-0.05, 0) is 36.6 Å². The highest BCUT2D eigenvalue weighted by Gasteiger charge is 2.08. The third kappa shape index (κ3) is 2.87. The first kappa shape index (κ1) is 11.4. The lowest BCUT2D eigenvalue weighted by Gasteiger charge is -2.09. The molecule has 0 aliphatic rings. The summed E-state index contributed by atoms with van der Waals surface area (Å²) in [6.45, 7) is 1.83. The molecule has 4 nitrogen and oxygen atoms in total. The summed E-state index contributed by atoms with van der Waals surface area (Å²) in [4.78, 5) is 10.4. The van der Waals surface area contributed by atoms with Crippen LogP contribution in [0.25, 0.3) is 0 Å². The molecule has 0 bridgehead atoms. The molecule has 0 amide bonds. The molecule has 2 N–H and O–H groups in total. The van der Waals surface area contributed by atoms with Crippen molar-refractivity contribution in [3.63, 3.8) is 0 Å². The minimum absolute atomic E-state index is 0.0778. The van der Waals surface area contributed by atoms with Crippen molar-refractivity contribution >= 4 is 5.97 Å². The van der Waals surface area contributed by atoms with E-state index in [1.165, 1.54) is 7.11 Å². The second-order valence-electron chi connectivity index (χ2n) is 3.34. The number of hydrogen-bond acceptors (Lipinski definition) is 3. The monoisotopic (exact) mass is 210 g/mol. The Morgan fingerprint density at radius 2 is 2.13 bits per heavy atom. The Kier molecular flexibility index (Phi) is 3.55. The lowest BCUT2D eigenvalue weighted by atomic mass is 10.0. The summed E-state index contributed by atoms with van der Waals surface area (Å²) in [5.74, 6) is -0.378. The van der Waals surface area contributed by atoms with E-state index < -0.39 is 5.97 Å². The lowest BCUT2D eigenvalue weighted by molar-refractivity contribution is -0.136. The summed E-state index contributed by atoms with van der Waals surface area (Å²) in [6, 6.07) is 3.25. The van der Waals surface area contributed by atoms with Crippen molar-refractivity contribution in [2.24, 2.45) is 0 Å². The van der Waals surface area contributed by atoms with Crippen LogP contribution < -0.4 is 4.74 Å². The molecule has 0 aliphatic carbocycles. The second kappa shape index (κ2) is 4.68. The maximum absolute atomic E-state index is 10.4. The fourth-order valence-corrected chi connectivity index (χ4v) is 1.39. The van der Waals surface area contributed by atoms with Crippen LogP contribution >= 0.6 is 0 Å². The first-order valence-electron chi connectivity index (χ1n) is 4.63. The van der Waals surface area contributed by atoms with Gasteiger partial charge in [-0.25, -0.2) is 0 Å². The smallest absolute Gasteiger partial charge is 0.303 e. The Balaban J connectivity index is 2.92. The molecule has 82 valence electrons. The minimum atomic E-state index is -0.832. The number of carbonyl (C=O) groups is 1. The van der Waals surface area contributed by atoms with E-state index in [2.05, 4.69) is 0 Å². The highest BCUT2D eigenvalue weighted by atomic mass is 16.5. The van der Waals surface area contributed by atoms with Crippen LogP contribution in [0.1, 0.15) is 17.5 Å². The summed E-state index contributed by atoms with van der Waals surface area (Å²) in [5, 5.41) is 18.0. The second-order valence-corrected chi connectivity index (χ2v) is 3.34. The molecular weight excluding hydrogens is 196 g/mol. The quantitative estimate of drug-likeness (QED) is 0.794. The van der Waals surface area contributed by atoms with E-state index in [-0.39, 0.29) is 12.2 Å². The van der Waals surface area contributed by atoms with Crippen LogP contribution in [0.4, 0.5) is 0 Å². The van der Waals surface area contributed by atoms with Crippen molar-refractivity contribution in [3.8, 4) is 11.5 Å². The third-order valence-corrected chi connectivity index (χ3v) is 2.25. The number of phenols is 1. The normalized spacial score (nSPS) is 10.0. The molecule has 1 rings (SSSR count). The van der Waals surface area contributed by atoms with Gasteiger partial charge in [-0.3, -0.25) is 4.79 Å². The molecule has 0 aromatic heterocycles. The van der Waals surface area contributed by atoms with Gasteiger partial charge in [-0.15, -0.1) is 0 Å². The van der Waals surface area contributed by atoms with Crippen molar-refractivity contribution in [3.05, 3.63) is 23.3 Å². The fourth-order valence-electron chi connectivity index (χ4n) is 1.39. The number of hydrogen-bond donors (Lipinski definition) is 2. The lowest BCUT2D eigenvalue weighted by Crippen LogP contribution is -1.99. The maximum Gasteiger partial charge on any atom is 0.303 e. The zero-order valence-electron chi connectivity index (χ0n) is 8.78. The molecule has 0 saturated heterocycles. The van der Waals surface area contributed by atoms with E-state index in [1.54, 1.807) is 12.1 Å². The van der Waals surface area contributed by atoms with Gasteiger partial charge in [0.2, 0.25) is 0 Å². The first-order chi connectivity index (χ1) is 7.04. The molecule has 4 heteroatoms. The van der Waals surface area contributed by atoms with Crippen molar-refractivity contribution in [1.82, 2.24) is 0 Å². The Morgan fingerprint density at radius 1 is 1.47 bits per heavy atom. The van der Waals surface area contributed by atoms with E-state index in [0.29, 0.717) is 12.2 Å². The number of aryl methyl sites for hydroxylation is 2. The summed E-state index contributed by atoms with van der Waals surface area (Å²) in [6.07, 6.45) is 0.520. The largest absolute Gasteiger partial charge is 0.504 e. The third-order valence-electron chi connectivity index (χ3n) is 2.25. The number of ether oxygens (including phenoxy) is 1. The predicted molar refractivity (Wildman–Crippen MR) is 55.4 cm³/mol. The molecule has 0 fully saturated rings. The topological polar surface area (TPSA) is 66.8 Å². The Labute approximate surface area is 88.1 Å². The first-order valence-corrected chi connectivity index (χ1v) is 4.63. The number of rotatable bonds is 4. The highest BCUT2D eigenvalue weighted by Crippen LogP contribution is 2.29. The van der Waals surface area contributed by atoms with Crippen LogP contribution in [0.15, 0.2) is 12.1 Å². The number of phenolic OH excluding ortho intramolecular Hbond substituents is 1. The highest BCUT2D eigenvalue weighted by molar-refractivity contribution is 5.67. The van der Waals surface area contributed by atoms with Gasteiger partial charge >= 0.3 is 5.97 Å². The van der Waals surface area contributed by atoms with Crippen LogP contribution in [0.5, 0.6) is 11.5 Å². The average Bonchev–Trinajstić information content (AvgIpc) is 2.16. The van der Waals surface area contributed by atoms with E-state index in [9.17, 15) is 9.90 Å². The minimum Gasteiger partial charge on any atom is -0.504 e. The van der Waals surface area contributed by atoms with Gasteiger partial charge in [-0.1, -0.05) is 0 Å². The van der Waals surface area contributed by atoms with E-state index in [1.807, 2.05) is 6.92 Å². The van der Waals surface area contributed by atoms with Gasteiger partial charge in [0.15, 0.2) is 11.5 Å². The average molecular weight is 210 g/mol. The van der Waals surface area contributed by atoms with Gasteiger partial charge in [0.25, 0.3) is 0 Å². The molecule has 0 heterocycles. The van der Waals surface area contributed by atoms with Crippen molar-refractivity contribution < 1.29 is 19.7 Å². The number of aromatic hydroxyl groups is 1. The van der Waals surface area contributed by atoms with Crippen LogP contribution in [0, 0.1) is 6.92 Å². The molecule has 0 aliphatic heterocycles. The summed E-state index contributed by atoms with van der Waals surface area (Å²) < 4.78 is 4.95. The molecule has 0 unspecified atom stereocenters. The molecule has 0 atom stereocenters. The molecule has 0 saturated carbocycles. The van der Waals surface area contributed by atoms with Gasteiger partial charge in [0.1, 0.15) is 0 Å². The van der Waals surface area contributed by atoms with Crippen LogP contribution in [-0.4, -0.2) is 23.3 Å². The Morgan fingerprint density at radius 3 is 2.67 bits per heavy atom. The van der Waals surface area contributed by atoms with Crippen LogP contribution in [0.3, 0.4) is 0 Å². The number of carboxylic acid groups (broad SMARTS) is 1. The maximum atomic E-state index is 10.4. The van der Waals surface area contributed by atoms with Crippen molar-refractivity contribution in [2.75, 3.05) is 7.11 Å². The molecule has 1 aromatic carbocycles. The van der Waals surface area contributed by atoms with Gasteiger partial charge in [-0.2, -0.15) is 0 Å². The Hall–Kier alpha value is -1.71. The fraction of sp³-hybridized carbons (Fsp3) is 0.364. The summed E-state index contributed by atoms with van der Waals surface area (Å²) >= 11 is 0. The van der Waals surface area contributed by atoms with E-state index in [0.717, 1.165) is 11.1 Å². The molecule has 15 heavy (non-hydrogen) atoms. The summed E-state index contributed by atoms with van der Waals surface area (Å²) in [7, 11) is 1.46. The van der Waals surface area contributed by atoms with Crippen molar-refractivity contribution in [1.29, 1.82) is 0 Å². The standard InChI is InChI=1S/C11H14O4/c1-7-5-9(12)10(15-2)6-8(7)3-4-11(13)14/h5-6,12H,3-4H2,1-2H3,(H,13,14). The molecule has 1 aromatic rings. The predicted octanol–water partition coefficient (Wildman–Crippen LogP) is 1.73.